The van der Waals surface area contributed by atoms with E-state index in [1.54, 1.807) is 0 Å². The van der Waals surface area contributed by atoms with Crippen molar-refractivity contribution in [2.45, 2.75) is 88.3 Å². The largest absolute Gasteiger partial charge is 0.375 e. The van der Waals surface area contributed by atoms with Crippen LogP contribution in [0, 0.1) is 5.92 Å². The highest BCUT2D eigenvalue weighted by Gasteiger charge is 2.48. The quantitative estimate of drug-likeness (QED) is 0.747. The predicted octanol–water partition coefficient (Wildman–Crippen LogP) is 4.79. The van der Waals surface area contributed by atoms with Gasteiger partial charge < -0.3 is 10.1 Å². The van der Waals surface area contributed by atoms with Gasteiger partial charge in [-0.3, -0.25) is 9.67 Å². The van der Waals surface area contributed by atoms with Gasteiger partial charge in [-0.15, -0.1) is 0 Å². The minimum Gasteiger partial charge on any atom is -0.375 e. The number of pyridine rings is 1. The van der Waals surface area contributed by atoms with Crippen molar-refractivity contribution in [2.75, 3.05) is 13.2 Å². The minimum absolute atomic E-state index is 0.0898. The highest BCUT2D eigenvalue weighted by atomic mass is 16.5. The van der Waals surface area contributed by atoms with Gasteiger partial charge in [-0.25, -0.2) is 0 Å². The van der Waals surface area contributed by atoms with Crippen LogP contribution >= 0.6 is 0 Å². The first kappa shape index (κ1) is 20.2. The third-order valence-electron chi connectivity index (χ3n) is 8.05. The number of nitrogens with zero attached hydrogens (tertiary/aromatic N) is 3. The van der Waals surface area contributed by atoms with Crippen LogP contribution in [0.1, 0.15) is 82.1 Å². The minimum atomic E-state index is 0.0898. The second kappa shape index (κ2) is 8.43. The third kappa shape index (κ3) is 3.82. The zero-order valence-corrected chi connectivity index (χ0v) is 18.4. The molecule has 0 bridgehead atoms. The summed E-state index contributed by atoms with van der Waals surface area (Å²) in [5, 5.41) is 8.48. The topological polar surface area (TPSA) is 52.0 Å². The smallest absolute Gasteiger partial charge is 0.0691 e. The lowest BCUT2D eigenvalue weighted by molar-refractivity contribution is -0.104. The lowest BCUT2D eigenvalue weighted by atomic mass is 9.68. The molecule has 1 saturated carbocycles. The maximum Gasteiger partial charge on any atom is 0.0691 e. The molecule has 2 unspecified atom stereocenters. The highest BCUT2D eigenvalue weighted by Crippen LogP contribution is 2.49. The van der Waals surface area contributed by atoms with Crippen molar-refractivity contribution in [3.05, 3.63) is 48.0 Å². The molecule has 0 radical (unpaired) electrons. The summed E-state index contributed by atoms with van der Waals surface area (Å²) < 4.78 is 8.62. The molecule has 4 heterocycles. The van der Waals surface area contributed by atoms with Crippen molar-refractivity contribution in [1.29, 1.82) is 0 Å². The SMILES string of the molecule is CCC1CC(NCC[C@@]2(c3ccccn3)CCOC3(CCCC3)C2)c2ccnn2C1. The van der Waals surface area contributed by atoms with Crippen molar-refractivity contribution in [3.8, 4) is 0 Å². The summed E-state index contributed by atoms with van der Waals surface area (Å²) in [6.45, 7) is 5.24. The molecule has 1 spiro atoms. The van der Waals surface area contributed by atoms with E-state index >= 15 is 0 Å². The summed E-state index contributed by atoms with van der Waals surface area (Å²) in [6.07, 6.45) is 14.7. The number of ether oxygens (including phenoxy) is 1. The number of rotatable bonds is 6. The van der Waals surface area contributed by atoms with Gasteiger partial charge in [0, 0.05) is 42.7 Å². The van der Waals surface area contributed by atoms with Crippen LogP contribution in [-0.4, -0.2) is 33.5 Å². The zero-order chi connectivity index (χ0) is 20.4. The maximum atomic E-state index is 6.40. The van der Waals surface area contributed by atoms with Crippen LogP contribution in [0.15, 0.2) is 36.7 Å². The van der Waals surface area contributed by atoms with Gasteiger partial charge in [-0.2, -0.15) is 5.10 Å². The van der Waals surface area contributed by atoms with E-state index in [0.29, 0.717) is 12.0 Å². The summed E-state index contributed by atoms with van der Waals surface area (Å²) in [7, 11) is 0. The fourth-order valence-corrected chi connectivity index (χ4v) is 6.33. The number of hydrogen-bond acceptors (Lipinski definition) is 4. The molecule has 5 rings (SSSR count). The summed E-state index contributed by atoms with van der Waals surface area (Å²) in [6, 6.07) is 9.04. The monoisotopic (exact) mass is 408 g/mol. The van der Waals surface area contributed by atoms with E-state index in [2.05, 4.69) is 40.2 Å². The van der Waals surface area contributed by atoms with Crippen molar-refractivity contribution in [2.24, 2.45) is 5.92 Å². The molecule has 0 aromatic carbocycles. The Bertz CT molecular complexity index is 829. The Morgan fingerprint density at radius 2 is 2.07 bits per heavy atom. The van der Waals surface area contributed by atoms with Gasteiger partial charge in [0.05, 0.1) is 11.3 Å². The van der Waals surface area contributed by atoms with E-state index in [-0.39, 0.29) is 11.0 Å². The van der Waals surface area contributed by atoms with Gasteiger partial charge in [0.25, 0.3) is 0 Å². The van der Waals surface area contributed by atoms with Crippen LogP contribution in [0.2, 0.25) is 0 Å². The number of fused-ring (bicyclic) bond motifs is 1. The Morgan fingerprint density at radius 1 is 1.17 bits per heavy atom. The first-order valence-electron chi connectivity index (χ1n) is 12.0. The van der Waals surface area contributed by atoms with Crippen LogP contribution in [0.4, 0.5) is 0 Å². The molecule has 1 N–H and O–H groups in total. The molecule has 1 aliphatic carbocycles. The van der Waals surface area contributed by atoms with Gasteiger partial charge in [0.1, 0.15) is 0 Å². The Hall–Kier alpha value is -1.72. The standard InChI is InChI=1S/C25H36N4O/c1-2-20-17-21(22-8-14-28-29(22)18-20)26-15-11-24(23-7-3-6-13-27-23)12-16-30-25(19-24)9-4-5-10-25/h3,6-8,13-14,20-21,26H,2,4-5,9-12,15-19H2,1H3/t20?,21?,24-/m1/s1. The van der Waals surface area contributed by atoms with Crippen molar-refractivity contribution in [3.63, 3.8) is 0 Å². The summed E-state index contributed by atoms with van der Waals surface area (Å²) in [4.78, 5) is 4.85. The van der Waals surface area contributed by atoms with Crippen LogP contribution in [-0.2, 0) is 16.7 Å². The Morgan fingerprint density at radius 3 is 2.87 bits per heavy atom. The van der Waals surface area contributed by atoms with E-state index in [4.69, 9.17) is 9.72 Å². The molecule has 1 saturated heterocycles. The second-order valence-corrected chi connectivity index (χ2v) is 9.87. The second-order valence-electron chi connectivity index (χ2n) is 9.87. The molecule has 162 valence electrons. The molecule has 0 amide bonds. The van der Waals surface area contributed by atoms with Crippen LogP contribution in [0.3, 0.4) is 0 Å². The molecule has 2 fully saturated rings. The van der Waals surface area contributed by atoms with Gasteiger partial charge >= 0.3 is 0 Å². The van der Waals surface area contributed by atoms with Gasteiger partial charge in [0.2, 0.25) is 0 Å². The van der Waals surface area contributed by atoms with Crippen molar-refractivity contribution >= 4 is 0 Å². The summed E-state index contributed by atoms with van der Waals surface area (Å²) in [5.41, 5.74) is 2.83. The van der Waals surface area contributed by atoms with E-state index in [0.717, 1.165) is 39.0 Å². The third-order valence-corrected chi connectivity index (χ3v) is 8.05. The summed E-state index contributed by atoms with van der Waals surface area (Å²) >= 11 is 0. The van der Waals surface area contributed by atoms with Gasteiger partial charge in [-0.05, 0) is 69.2 Å². The fraction of sp³-hybridized carbons (Fsp3) is 0.680. The Balaban J connectivity index is 1.33. The summed E-state index contributed by atoms with van der Waals surface area (Å²) in [5.74, 6) is 0.712. The lowest BCUT2D eigenvalue weighted by Crippen LogP contribution is -2.47. The van der Waals surface area contributed by atoms with Crippen LogP contribution < -0.4 is 5.32 Å². The number of hydrogen-bond donors (Lipinski definition) is 1. The normalized spacial score (nSPS) is 30.4. The average molecular weight is 409 g/mol. The number of nitrogens with one attached hydrogen (secondary N) is 1. The Kier molecular flexibility index (Phi) is 5.67. The molecule has 2 aromatic heterocycles. The van der Waals surface area contributed by atoms with Crippen LogP contribution in [0.25, 0.3) is 0 Å². The fourth-order valence-electron chi connectivity index (χ4n) is 6.33. The lowest BCUT2D eigenvalue weighted by Gasteiger charge is -2.46. The van der Waals surface area contributed by atoms with E-state index in [1.807, 2.05) is 18.5 Å². The van der Waals surface area contributed by atoms with Crippen LogP contribution in [0.5, 0.6) is 0 Å². The Labute approximate surface area is 180 Å². The molecular weight excluding hydrogens is 372 g/mol. The van der Waals surface area contributed by atoms with E-state index in [9.17, 15) is 0 Å². The predicted molar refractivity (Wildman–Crippen MR) is 118 cm³/mol. The van der Waals surface area contributed by atoms with Crippen molar-refractivity contribution < 1.29 is 4.74 Å². The highest BCUT2D eigenvalue weighted by molar-refractivity contribution is 5.21. The van der Waals surface area contributed by atoms with E-state index in [1.165, 1.54) is 49.9 Å². The maximum absolute atomic E-state index is 6.40. The molecule has 30 heavy (non-hydrogen) atoms. The molecule has 3 atom stereocenters. The first-order valence-corrected chi connectivity index (χ1v) is 12.0. The number of aromatic nitrogens is 3. The molecule has 3 aliphatic rings. The zero-order valence-electron chi connectivity index (χ0n) is 18.4. The van der Waals surface area contributed by atoms with Gasteiger partial charge in [0.15, 0.2) is 0 Å². The molecule has 5 nitrogen and oxygen atoms in total. The van der Waals surface area contributed by atoms with E-state index < -0.39 is 0 Å². The first-order chi connectivity index (χ1) is 14.7. The van der Waals surface area contributed by atoms with Crippen molar-refractivity contribution in [1.82, 2.24) is 20.1 Å². The average Bonchev–Trinajstić information content (AvgIpc) is 3.44. The van der Waals surface area contributed by atoms with Gasteiger partial charge in [-0.1, -0.05) is 32.3 Å². The molecule has 2 aromatic rings. The molecular formula is C25H36N4O. The molecule has 2 aliphatic heterocycles. The molecule has 5 heteroatoms.